The smallest absolute Gasteiger partial charge is 0.0303 e. The fraction of sp³-hybridized carbons (Fsp3) is 0.500. The summed E-state index contributed by atoms with van der Waals surface area (Å²) in [4.78, 5) is 1.33. The monoisotopic (exact) mass is 209 g/mol. The van der Waals surface area contributed by atoms with Gasteiger partial charge in [0.05, 0.1) is 0 Å². The molecule has 14 heavy (non-hydrogen) atoms. The van der Waals surface area contributed by atoms with Crippen LogP contribution in [0.3, 0.4) is 0 Å². The van der Waals surface area contributed by atoms with Crippen molar-refractivity contribution in [3.8, 4) is 0 Å². The number of thioether (sulfide) groups is 1. The molecule has 1 aromatic rings. The van der Waals surface area contributed by atoms with Crippen LogP contribution in [0, 0.1) is 0 Å². The molecule has 0 fully saturated rings. The van der Waals surface area contributed by atoms with Crippen LogP contribution in [0.4, 0.5) is 0 Å². The first-order chi connectivity index (χ1) is 6.65. The summed E-state index contributed by atoms with van der Waals surface area (Å²) in [5.74, 6) is 0. The molecule has 2 N–H and O–H groups in total. The van der Waals surface area contributed by atoms with Crippen LogP contribution in [0.5, 0.6) is 0 Å². The molecule has 0 amide bonds. The summed E-state index contributed by atoms with van der Waals surface area (Å²) >= 11 is 1.89. The predicted octanol–water partition coefficient (Wildman–Crippen LogP) is 3.60. The van der Waals surface area contributed by atoms with Crippen molar-refractivity contribution < 1.29 is 0 Å². The average molecular weight is 209 g/mol. The predicted molar refractivity (Wildman–Crippen MR) is 64.7 cm³/mol. The topological polar surface area (TPSA) is 26.0 Å². The minimum Gasteiger partial charge on any atom is -0.324 e. The van der Waals surface area contributed by atoms with E-state index in [4.69, 9.17) is 5.73 Å². The van der Waals surface area contributed by atoms with Gasteiger partial charge in [0, 0.05) is 16.2 Å². The summed E-state index contributed by atoms with van der Waals surface area (Å²) in [5, 5.41) is 0.611. The van der Waals surface area contributed by atoms with Crippen molar-refractivity contribution in [1.29, 1.82) is 0 Å². The molecule has 0 unspecified atom stereocenters. The highest BCUT2D eigenvalue weighted by atomic mass is 32.2. The molecule has 1 nitrogen and oxygen atoms in total. The molecule has 0 aliphatic heterocycles. The lowest BCUT2D eigenvalue weighted by Crippen LogP contribution is -2.10. The van der Waals surface area contributed by atoms with Gasteiger partial charge in [0.25, 0.3) is 0 Å². The molecule has 0 aliphatic carbocycles. The van der Waals surface area contributed by atoms with Gasteiger partial charge in [-0.3, -0.25) is 0 Å². The van der Waals surface area contributed by atoms with Crippen LogP contribution in [0.2, 0.25) is 0 Å². The van der Waals surface area contributed by atoms with Crippen LogP contribution in [-0.2, 0) is 0 Å². The van der Waals surface area contributed by atoms with Gasteiger partial charge in [-0.25, -0.2) is 0 Å². The standard InChI is InChI=1S/C12H19NS/c1-4-11(13)10-7-5-6-8-12(10)14-9(2)3/h5-9,11H,4,13H2,1-3H3/t11-/m0/s1. The van der Waals surface area contributed by atoms with Crippen molar-refractivity contribution in [1.82, 2.24) is 0 Å². The van der Waals surface area contributed by atoms with Gasteiger partial charge >= 0.3 is 0 Å². The van der Waals surface area contributed by atoms with Crippen molar-refractivity contribution in [3.63, 3.8) is 0 Å². The normalized spacial score (nSPS) is 13.2. The molecule has 78 valence electrons. The highest BCUT2D eigenvalue weighted by molar-refractivity contribution is 8.00. The first-order valence-corrected chi connectivity index (χ1v) is 6.04. The number of rotatable bonds is 4. The zero-order valence-corrected chi connectivity index (χ0v) is 9.97. The van der Waals surface area contributed by atoms with Crippen LogP contribution in [0.1, 0.15) is 38.8 Å². The Labute approximate surface area is 91.1 Å². The van der Waals surface area contributed by atoms with Crippen molar-refractivity contribution in [3.05, 3.63) is 29.8 Å². The molecule has 0 aromatic heterocycles. The van der Waals surface area contributed by atoms with E-state index in [1.165, 1.54) is 10.5 Å². The summed E-state index contributed by atoms with van der Waals surface area (Å²) in [6, 6.07) is 8.62. The van der Waals surface area contributed by atoms with Crippen LogP contribution < -0.4 is 5.73 Å². The summed E-state index contributed by atoms with van der Waals surface area (Å²) in [5.41, 5.74) is 7.34. The molecule has 2 heteroatoms. The maximum absolute atomic E-state index is 6.06. The van der Waals surface area contributed by atoms with Crippen LogP contribution in [0.15, 0.2) is 29.2 Å². The van der Waals surface area contributed by atoms with E-state index in [0.717, 1.165) is 6.42 Å². The van der Waals surface area contributed by atoms with Crippen molar-refractivity contribution in [2.24, 2.45) is 5.73 Å². The van der Waals surface area contributed by atoms with Crippen molar-refractivity contribution >= 4 is 11.8 Å². The second-order valence-electron chi connectivity index (χ2n) is 3.72. The molecule has 0 radical (unpaired) electrons. The third-order valence-corrected chi connectivity index (χ3v) is 3.22. The molecule has 0 bridgehead atoms. The summed E-state index contributed by atoms with van der Waals surface area (Å²) < 4.78 is 0. The summed E-state index contributed by atoms with van der Waals surface area (Å²) in [7, 11) is 0. The highest BCUT2D eigenvalue weighted by Crippen LogP contribution is 2.30. The van der Waals surface area contributed by atoms with Crippen LogP contribution in [0.25, 0.3) is 0 Å². The maximum atomic E-state index is 6.06. The third-order valence-electron chi connectivity index (χ3n) is 2.12. The Morgan fingerprint density at radius 2 is 1.93 bits per heavy atom. The first kappa shape index (κ1) is 11.6. The number of nitrogens with two attached hydrogens (primary N) is 1. The molecule has 0 saturated carbocycles. The molecule has 1 rings (SSSR count). The zero-order chi connectivity index (χ0) is 10.6. The SMILES string of the molecule is CC[C@H](N)c1ccccc1SC(C)C. The fourth-order valence-electron chi connectivity index (χ4n) is 1.37. The van der Waals surface area contributed by atoms with E-state index in [9.17, 15) is 0 Å². The van der Waals surface area contributed by atoms with E-state index in [1.807, 2.05) is 11.8 Å². The Morgan fingerprint density at radius 3 is 2.50 bits per heavy atom. The minimum absolute atomic E-state index is 0.178. The quantitative estimate of drug-likeness (QED) is 0.767. The first-order valence-electron chi connectivity index (χ1n) is 5.16. The number of hydrogen-bond donors (Lipinski definition) is 1. The van der Waals surface area contributed by atoms with Gasteiger partial charge in [-0.1, -0.05) is 39.0 Å². The van der Waals surface area contributed by atoms with Gasteiger partial charge in [0.2, 0.25) is 0 Å². The van der Waals surface area contributed by atoms with E-state index in [0.29, 0.717) is 5.25 Å². The van der Waals surface area contributed by atoms with E-state index in [1.54, 1.807) is 0 Å². The van der Waals surface area contributed by atoms with Gasteiger partial charge in [-0.05, 0) is 18.1 Å². The lowest BCUT2D eigenvalue weighted by atomic mass is 10.1. The molecule has 0 spiro atoms. The van der Waals surface area contributed by atoms with Gasteiger partial charge in [-0.2, -0.15) is 0 Å². The molecular formula is C12H19NS. The number of hydrogen-bond acceptors (Lipinski definition) is 2. The molecule has 1 aromatic carbocycles. The fourth-order valence-corrected chi connectivity index (χ4v) is 2.39. The Hall–Kier alpha value is -0.470. The second kappa shape index (κ2) is 5.42. The molecule has 0 saturated heterocycles. The lowest BCUT2D eigenvalue weighted by molar-refractivity contribution is 0.685. The van der Waals surface area contributed by atoms with E-state index < -0.39 is 0 Å². The van der Waals surface area contributed by atoms with Crippen LogP contribution in [-0.4, -0.2) is 5.25 Å². The third kappa shape index (κ3) is 3.03. The maximum Gasteiger partial charge on any atom is 0.0303 e. The van der Waals surface area contributed by atoms with Crippen molar-refractivity contribution in [2.75, 3.05) is 0 Å². The molecule has 0 heterocycles. The molecule has 0 aliphatic rings. The summed E-state index contributed by atoms with van der Waals surface area (Å²) in [6.07, 6.45) is 0.996. The van der Waals surface area contributed by atoms with E-state index in [-0.39, 0.29) is 6.04 Å². The van der Waals surface area contributed by atoms with Crippen molar-refractivity contribution in [2.45, 2.75) is 43.4 Å². The Balaban J connectivity index is 2.91. The lowest BCUT2D eigenvalue weighted by Gasteiger charge is -2.15. The van der Waals surface area contributed by atoms with Crippen LogP contribution >= 0.6 is 11.8 Å². The highest BCUT2D eigenvalue weighted by Gasteiger charge is 2.09. The van der Waals surface area contributed by atoms with Gasteiger partial charge in [0.15, 0.2) is 0 Å². The van der Waals surface area contributed by atoms with Gasteiger partial charge in [0.1, 0.15) is 0 Å². The minimum atomic E-state index is 0.178. The largest absolute Gasteiger partial charge is 0.324 e. The average Bonchev–Trinajstić information content (AvgIpc) is 2.16. The zero-order valence-electron chi connectivity index (χ0n) is 9.16. The Bertz CT molecular complexity index is 283. The van der Waals surface area contributed by atoms with E-state index >= 15 is 0 Å². The van der Waals surface area contributed by atoms with Gasteiger partial charge < -0.3 is 5.73 Å². The summed E-state index contributed by atoms with van der Waals surface area (Å²) in [6.45, 7) is 6.54. The molecular weight excluding hydrogens is 190 g/mol. The van der Waals surface area contributed by atoms with E-state index in [2.05, 4.69) is 45.0 Å². The number of benzene rings is 1. The van der Waals surface area contributed by atoms with Gasteiger partial charge in [-0.15, -0.1) is 11.8 Å². The Morgan fingerprint density at radius 1 is 1.29 bits per heavy atom. The second-order valence-corrected chi connectivity index (χ2v) is 5.34. The Kier molecular flexibility index (Phi) is 4.49. The molecule has 1 atom stereocenters.